The number of aromatic nitrogens is 1. The highest BCUT2D eigenvalue weighted by Crippen LogP contribution is 2.22. The molecule has 3 rings (SSSR count). The van der Waals surface area contributed by atoms with Gasteiger partial charge in [0, 0.05) is 17.6 Å². The molecule has 0 bridgehead atoms. The van der Waals surface area contributed by atoms with Crippen molar-refractivity contribution in [2.24, 2.45) is 0 Å². The minimum Gasteiger partial charge on any atom is -0.317 e. The molecule has 0 unspecified atom stereocenters. The van der Waals surface area contributed by atoms with Gasteiger partial charge in [0.05, 0.1) is 4.90 Å². The summed E-state index contributed by atoms with van der Waals surface area (Å²) in [5.41, 5.74) is 0.993. The van der Waals surface area contributed by atoms with Gasteiger partial charge in [0.15, 0.2) is 4.91 Å². The van der Waals surface area contributed by atoms with E-state index in [0.29, 0.717) is 11.4 Å². The Kier molecular flexibility index (Phi) is 4.50. The molecule has 0 aliphatic rings. The molecule has 25 heavy (non-hydrogen) atoms. The van der Waals surface area contributed by atoms with Crippen LogP contribution in [-0.4, -0.2) is 13.0 Å². The number of benzene rings is 2. The van der Waals surface area contributed by atoms with Crippen LogP contribution >= 0.6 is 0 Å². The van der Waals surface area contributed by atoms with Crippen molar-refractivity contribution < 1.29 is 12.8 Å². The molecule has 0 spiro atoms. The number of nitriles is 1. The van der Waals surface area contributed by atoms with Gasteiger partial charge >= 0.3 is 0 Å². The van der Waals surface area contributed by atoms with Gasteiger partial charge in [-0.2, -0.15) is 5.26 Å². The van der Waals surface area contributed by atoms with E-state index in [1.165, 1.54) is 30.3 Å². The third-order valence-electron chi connectivity index (χ3n) is 3.60. The van der Waals surface area contributed by atoms with Gasteiger partial charge in [-0.15, -0.1) is 0 Å². The molecular formula is C19H13FN2O2S. The summed E-state index contributed by atoms with van der Waals surface area (Å²) in [5, 5.41) is 9.36. The van der Waals surface area contributed by atoms with Crippen molar-refractivity contribution in [3.8, 4) is 11.8 Å². The summed E-state index contributed by atoms with van der Waals surface area (Å²) in [6, 6.07) is 18.8. The fourth-order valence-corrected chi connectivity index (χ4v) is 3.57. The van der Waals surface area contributed by atoms with Crippen LogP contribution in [0.2, 0.25) is 0 Å². The number of nitrogens with zero attached hydrogens (tertiary/aromatic N) is 2. The van der Waals surface area contributed by atoms with Crippen LogP contribution < -0.4 is 0 Å². The number of allylic oxidation sites excluding steroid dienone is 1. The van der Waals surface area contributed by atoms with Gasteiger partial charge in [-0.25, -0.2) is 12.8 Å². The highest BCUT2D eigenvalue weighted by atomic mass is 32.2. The summed E-state index contributed by atoms with van der Waals surface area (Å²) >= 11 is 0. The van der Waals surface area contributed by atoms with Crippen LogP contribution in [0.4, 0.5) is 4.39 Å². The number of sulfone groups is 1. The first kappa shape index (κ1) is 16.7. The molecule has 0 aliphatic carbocycles. The van der Waals surface area contributed by atoms with E-state index in [2.05, 4.69) is 0 Å². The summed E-state index contributed by atoms with van der Waals surface area (Å²) < 4.78 is 40.3. The van der Waals surface area contributed by atoms with Gasteiger partial charge in [0.25, 0.3) is 0 Å². The molecule has 3 aromatic rings. The van der Waals surface area contributed by atoms with E-state index >= 15 is 0 Å². The lowest BCUT2D eigenvalue weighted by atomic mass is 10.3. The highest BCUT2D eigenvalue weighted by Gasteiger charge is 2.21. The molecule has 0 N–H and O–H groups in total. The molecule has 4 nitrogen and oxygen atoms in total. The predicted molar refractivity (Wildman–Crippen MR) is 92.9 cm³/mol. The lowest BCUT2D eigenvalue weighted by molar-refractivity contribution is 0.603. The largest absolute Gasteiger partial charge is 0.317 e. The SMILES string of the molecule is N#C/C(=C\c1cccn1-c1cccc(F)c1)S(=O)(=O)c1ccccc1. The first-order valence-electron chi connectivity index (χ1n) is 7.37. The first-order chi connectivity index (χ1) is 12.0. The second-order valence-electron chi connectivity index (χ2n) is 5.22. The van der Waals surface area contributed by atoms with Gasteiger partial charge in [-0.1, -0.05) is 24.3 Å². The van der Waals surface area contributed by atoms with Crippen molar-refractivity contribution in [2.75, 3.05) is 0 Å². The van der Waals surface area contributed by atoms with Crippen LogP contribution in [0.5, 0.6) is 0 Å². The highest BCUT2D eigenvalue weighted by molar-refractivity contribution is 7.95. The summed E-state index contributed by atoms with van der Waals surface area (Å²) in [7, 11) is -3.92. The number of rotatable bonds is 4. The number of halogens is 1. The van der Waals surface area contributed by atoms with E-state index in [-0.39, 0.29) is 9.80 Å². The zero-order valence-electron chi connectivity index (χ0n) is 13.0. The number of hydrogen-bond donors (Lipinski definition) is 0. The molecule has 1 heterocycles. The van der Waals surface area contributed by atoms with Crippen LogP contribution in [0.3, 0.4) is 0 Å². The summed E-state index contributed by atoms with van der Waals surface area (Å²) in [6.07, 6.45) is 2.96. The van der Waals surface area contributed by atoms with Gasteiger partial charge in [0.1, 0.15) is 11.9 Å². The molecule has 0 fully saturated rings. The van der Waals surface area contributed by atoms with Gasteiger partial charge < -0.3 is 4.57 Å². The Morgan fingerprint density at radius 1 is 1.04 bits per heavy atom. The first-order valence-corrected chi connectivity index (χ1v) is 8.86. The maximum absolute atomic E-state index is 13.5. The normalized spacial score (nSPS) is 11.9. The number of hydrogen-bond acceptors (Lipinski definition) is 3. The van der Waals surface area contributed by atoms with E-state index in [4.69, 9.17) is 0 Å². The Labute approximate surface area is 145 Å². The third kappa shape index (κ3) is 3.37. The van der Waals surface area contributed by atoms with Crippen molar-refractivity contribution in [3.05, 3.63) is 89.3 Å². The van der Waals surface area contributed by atoms with Crippen LogP contribution in [0.1, 0.15) is 5.69 Å². The summed E-state index contributed by atoms with van der Waals surface area (Å²) in [6.45, 7) is 0. The minimum atomic E-state index is -3.92. The average molecular weight is 352 g/mol. The molecule has 0 atom stereocenters. The fraction of sp³-hybridized carbons (Fsp3) is 0. The van der Waals surface area contributed by atoms with Gasteiger partial charge in [0.2, 0.25) is 9.84 Å². The molecule has 0 radical (unpaired) electrons. The third-order valence-corrected chi connectivity index (χ3v) is 5.28. The van der Waals surface area contributed by atoms with Crippen LogP contribution in [-0.2, 0) is 9.84 Å². The summed E-state index contributed by atoms with van der Waals surface area (Å²) in [5.74, 6) is -0.404. The second-order valence-corrected chi connectivity index (χ2v) is 7.14. The lowest BCUT2D eigenvalue weighted by Crippen LogP contribution is -2.04. The van der Waals surface area contributed by atoms with E-state index in [1.54, 1.807) is 59.3 Å². The molecular weight excluding hydrogens is 339 g/mol. The average Bonchev–Trinajstić information content (AvgIpc) is 3.08. The zero-order valence-corrected chi connectivity index (χ0v) is 13.8. The standard InChI is InChI=1S/C19H13FN2O2S/c20-15-6-4-7-16(12-15)22-11-5-8-17(22)13-19(14-21)25(23,24)18-9-2-1-3-10-18/h1-13H/b19-13+. The topological polar surface area (TPSA) is 62.9 Å². The molecule has 1 aromatic heterocycles. The van der Waals surface area contributed by atoms with Crippen molar-refractivity contribution >= 4 is 15.9 Å². The van der Waals surface area contributed by atoms with Crippen LogP contribution in [0.25, 0.3) is 11.8 Å². The predicted octanol–water partition coefficient (Wildman–Crippen LogP) is 3.95. The Balaban J connectivity index is 2.09. The van der Waals surface area contributed by atoms with E-state index in [9.17, 15) is 18.1 Å². The van der Waals surface area contributed by atoms with Crippen molar-refractivity contribution in [1.29, 1.82) is 5.26 Å². The molecule has 6 heteroatoms. The van der Waals surface area contributed by atoms with Crippen LogP contribution in [0.15, 0.2) is 82.7 Å². The molecule has 0 aliphatic heterocycles. The van der Waals surface area contributed by atoms with E-state index in [1.807, 2.05) is 0 Å². The maximum atomic E-state index is 13.5. The van der Waals surface area contributed by atoms with Crippen LogP contribution in [0, 0.1) is 17.1 Å². The maximum Gasteiger partial charge on any atom is 0.216 e. The molecule has 0 saturated heterocycles. The van der Waals surface area contributed by atoms with Gasteiger partial charge in [-0.3, -0.25) is 0 Å². The Morgan fingerprint density at radius 2 is 1.80 bits per heavy atom. The smallest absolute Gasteiger partial charge is 0.216 e. The summed E-state index contributed by atoms with van der Waals surface area (Å²) in [4.78, 5) is -0.332. The molecule has 0 saturated carbocycles. The van der Waals surface area contributed by atoms with E-state index < -0.39 is 15.7 Å². The molecule has 2 aromatic carbocycles. The fourth-order valence-electron chi connectivity index (χ4n) is 2.40. The molecule has 0 amide bonds. The van der Waals surface area contributed by atoms with Crippen molar-refractivity contribution in [1.82, 2.24) is 4.57 Å². The zero-order chi connectivity index (χ0) is 17.9. The van der Waals surface area contributed by atoms with Gasteiger partial charge in [-0.05, 0) is 48.5 Å². The van der Waals surface area contributed by atoms with Crippen molar-refractivity contribution in [3.63, 3.8) is 0 Å². The van der Waals surface area contributed by atoms with Crippen molar-refractivity contribution in [2.45, 2.75) is 4.90 Å². The Bertz CT molecular complexity index is 1080. The minimum absolute atomic E-state index is 0.0478. The second kappa shape index (κ2) is 6.75. The van der Waals surface area contributed by atoms with E-state index in [0.717, 1.165) is 0 Å². The quantitative estimate of drug-likeness (QED) is 0.668. The lowest BCUT2D eigenvalue weighted by Gasteiger charge is -2.08. The Hall–Kier alpha value is -3.17. The Morgan fingerprint density at radius 3 is 2.48 bits per heavy atom. The molecule has 124 valence electrons. The monoisotopic (exact) mass is 352 g/mol.